The minimum absolute atomic E-state index is 0.306. The van der Waals surface area contributed by atoms with Gasteiger partial charge in [0.2, 0.25) is 0 Å². The summed E-state index contributed by atoms with van der Waals surface area (Å²) in [5.41, 5.74) is 2.43. The third-order valence-corrected chi connectivity index (χ3v) is 5.70. The van der Waals surface area contributed by atoms with Gasteiger partial charge in [-0.2, -0.15) is 5.10 Å². The Morgan fingerprint density at radius 3 is 2.42 bits per heavy atom. The van der Waals surface area contributed by atoms with Crippen molar-refractivity contribution in [3.63, 3.8) is 0 Å². The second-order valence-corrected chi connectivity index (χ2v) is 7.77. The number of nitrogens with zero attached hydrogens (tertiary/aromatic N) is 5. The van der Waals surface area contributed by atoms with E-state index >= 15 is 0 Å². The molecule has 3 rings (SSSR count). The standard InChI is InChI=1S/C18H33N5O.C2H6/c1-15-16(9-21(3)19-15)10-23-12-17(18(13-23)14-24)11-22-6-4-5-20(2)7-8-22;1-2/h9,17-18,24H,4-8,10-14H2,1-3H3;1-2H3. The van der Waals surface area contributed by atoms with Gasteiger partial charge in [0.25, 0.3) is 0 Å². The molecule has 3 heterocycles. The Labute approximate surface area is 159 Å². The highest BCUT2D eigenvalue weighted by Crippen LogP contribution is 2.26. The van der Waals surface area contributed by atoms with Gasteiger partial charge in [0.1, 0.15) is 0 Å². The number of likely N-dealkylation sites (N-methyl/N-ethyl adjacent to an activating group) is 1. The Kier molecular flexibility index (Phi) is 8.54. The highest BCUT2D eigenvalue weighted by Gasteiger charge is 2.33. The van der Waals surface area contributed by atoms with E-state index in [9.17, 15) is 5.11 Å². The van der Waals surface area contributed by atoms with Crippen LogP contribution in [-0.4, -0.2) is 89.1 Å². The van der Waals surface area contributed by atoms with Crippen LogP contribution in [0.25, 0.3) is 0 Å². The van der Waals surface area contributed by atoms with E-state index < -0.39 is 0 Å². The smallest absolute Gasteiger partial charge is 0.0638 e. The van der Waals surface area contributed by atoms with Crippen LogP contribution in [0.2, 0.25) is 0 Å². The Bertz CT molecular complexity index is 532. The lowest BCUT2D eigenvalue weighted by Crippen LogP contribution is -2.36. The predicted octanol–water partition coefficient (Wildman–Crippen LogP) is 1.43. The number of hydrogen-bond acceptors (Lipinski definition) is 5. The van der Waals surface area contributed by atoms with E-state index in [1.807, 2.05) is 25.6 Å². The molecular weight excluding hydrogens is 326 g/mol. The summed E-state index contributed by atoms with van der Waals surface area (Å²) in [6.07, 6.45) is 3.38. The van der Waals surface area contributed by atoms with Crippen molar-refractivity contribution in [1.29, 1.82) is 0 Å². The number of likely N-dealkylation sites (tertiary alicyclic amines) is 1. The van der Waals surface area contributed by atoms with Crippen LogP contribution in [0, 0.1) is 18.8 Å². The Hall–Kier alpha value is -0.950. The summed E-state index contributed by atoms with van der Waals surface area (Å²) in [4.78, 5) is 7.53. The molecule has 6 nitrogen and oxygen atoms in total. The van der Waals surface area contributed by atoms with E-state index in [4.69, 9.17) is 0 Å². The van der Waals surface area contributed by atoms with Crippen molar-refractivity contribution in [1.82, 2.24) is 24.5 Å². The van der Waals surface area contributed by atoms with Crippen molar-refractivity contribution in [3.05, 3.63) is 17.5 Å². The van der Waals surface area contributed by atoms with Crippen LogP contribution in [0.5, 0.6) is 0 Å². The van der Waals surface area contributed by atoms with Crippen molar-refractivity contribution in [3.8, 4) is 0 Å². The molecule has 0 spiro atoms. The lowest BCUT2D eigenvalue weighted by Gasteiger charge is -2.26. The summed E-state index contributed by atoms with van der Waals surface area (Å²) in [6, 6.07) is 0. The van der Waals surface area contributed by atoms with E-state index in [0.29, 0.717) is 18.4 Å². The zero-order valence-electron chi connectivity index (χ0n) is 17.5. The maximum atomic E-state index is 9.84. The molecule has 0 amide bonds. The number of aliphatic hydroxyl groups is 1. The highest BCUT2D eigenvalue weighted by atomic mass is 16.3. The topological polar surface area (TPSA) is 47.8 Å². The molecule has 2 fully saturated rings. The second kappa shape index (κ2) is 10.4. The minimum atomic E-state index is 0.306. The first-order chi connectivity index (χ1) is 12.5. The fraction of sp³-hybridized carbons (Fsp3) is 0.850. The van der Waals surface area contributed by atoms with Crippen LogP contribution in [-0.2, 0) is 13.6 Å². The largest absolute Gasteiger partial charge is 0.396 e. The monoisotopic (exact) mass is 365 g/mol. The molecular formula is C20H39N5O. The lowest BCUT2D eigenvalue weighted by atomic mass is 9.96. The lowest BCUT2D eigenvalue weighted by molar-refractivity contribution is 0.165. The quantitative estimate of drug-likeness (QED) is 0.855. The minimum Gasteiger partial charge on any atom is -0.396 e. The van der Waals surface area contributed by atoms with Gasteiger partial charge >= 0.3 is 0 Å². The summed E-state index contributed by atoms with van der Waals surface area (Å²) in [7, 11) is 4.20. The summed E-state index contributed by atoms with van der Waals surface area (Å²) in [5.74, 6) is 0.985. The van der Waals surface area contributed by atoms with E-state index in [0.717, 1.165) is 45.0 Å². The number of rotatable bonds is 5. The van der Waals surface area contributed by atoms with Gasteiger partial charge in [0.15, 0.2) is 0 Å². The van der Waals surface area contributed by atoms with Crippen LogP contribution < -0.4 is 0 Å². The van der Waals surface area contributed by atoms with Crippen molar-refractivity contribution in [2.45, 2.75) is 33.7 Å². The van der Waals surface area contributed by atoms with E-state index in [-0.39, 0.29) is 0 Å². The normalized spacial score (nSPS) is 25.8. The number of hydrogen-bond donors (Lipinski definition) is 1. The van der Waals surface area contributed by atoms with Gasteiger partial charge in [-0.05, 0) is 45.3 Å². The molecule has 0 bridgehead atoms. The first-order valence-electron chi connectivity index (χ1n) is 10.3. The molecule has 0 aliphatic carbocycles. The van der Waals surface area contributed by atoms with Gasteiger partial charge in [-0.3, -0.25) is 9.58 Å². The van der Waals surface area contributed by atoms with Crippen LogP contribution in [0.1, 0.15) is 31.5 Å². The van der Waals surface area contributed by atoms with E-state index in [1.165, 1.54) is 25.1 Å². The van der Waals surface area contributed by atoms with Crippen molar-refractivity contribution in [2.24, 2.45) is 18.9 Å². The average Bonchev–Trinajstić information content (AvgIpc) is 3.08. The number of aliphatic hydroxyl groups excluding tert-OH is 1. The fourth-order valence-corrected chi connectivity index (χ4v) is 4.24. The maximum absolute atomic E-state index is 9.84. The first kappa shape index (κ1) is 21.4. The molecule has 1 aromatic rings. The Morgan fingerprint density at radius 2 is 1.77 bits per heavy atom. The number of aromatic nitrogens is 2. The molecule has 0 radical (unpaired) electrons. The molecule has 150 valence electrons. The van der Waals surface area contributed by atoms with Gasteiger partial charge in [0.05, 0.1) is 5.69 Å². The van der Waals surface area contributed by atoms with E-state index in [2.05, 4.69) is 40.0 Å². The summed E-state index contributed by atoms with van der Waals surface area (Å²) >= 11 is 0. The molecule has 1 N–H and O–H groups in total. The zero-order chi connectivity index (χ0) is 19.1. The van der Waals surface area contributed by atoms with Crippen LogP contribution in [0.15, 0.2) is 6.20 Å². The molecule has 1 aromatic heterocycles. The molecule has 2 atom stereocenters. The molecule has 6 heteroatoms. The molecule has 2 aliphatic heterocycles. The average molecular weight is 366 g/mol. The van der Waals surface area contributed by atoms with Crippen molar-refractivity contribution in [2.75, 3.05) is 59.5 Å². The van der Waals surface area contributed by atoms with Crippen molar-refractivity contribution >= 4 is 0 Å². The Morgan fingerprint density at radius 1 is 1.04 bits per heavy atom. The predicted molar refractivity (Wildman–Crippen MR) is 107 cm³/mol. The second-order valence-electron chi connectivity index (χ2n) is 7.77. The van der Waals surface area contributed by atoms with Gasteiger partial charge in [-0.25, -0.2) is 0 Å². The van der Waals surface area contributed by atoms with Crippen LogP contribution >= 0.6 is 0 Å². The molecule has 2 saturated heterocycles. The molecule has 26 heavy (non-hydrogen) atoms. The third-order valence-electron chi connectivity index (χ3n) is 5.70. The third kappa shape index (κ3) is 5.78. The van der Waals surface area contributed by atoms with Gasteiger partial charge in [0, 0.05) is 64.7 Å². The summed E-state index contributed by atoms with van der Waals surface area (Å²) < 4.78 is 1.90. The number of aryl methyl sites for hydroxylation is 2. The molecule has 2 unspecified atom stereocenters. The zero-order valence-corrected chi connectivity index (χ0v) is 17.5. The van der Waals surface area contributed by atoms with Gasteiger partial charge in [-0.1, -0.05) is 13.8 Å². The van der Waals surface area contributed by atoms with Gasteiger partial charge in [-0.15, -0.1) is 0 Å². The summed E-state index contributed by atoms with van der Waals surface area (Å²) in [5, 5.41) is 14.3. The molecule has 0 saturated carbocycles. The molecule has 0 aromatic carbocycles. The fourth-order valence-electron chi connectivity index (χ4n) is 4.24. The maximum Gasteiger partial charge on any atom is 0.0638 e. The Balaban J connectivity index is 0.00000117. The van der Waals surface area contributed by atoms with Gasteiger partial charge < -0.3 is 14.9 Å². The van der Waals surface area contributed by atoms with Crippen LogP contribution in [0.4, 0.5) is 0 Å². The first-order valence-corrected chi connectivity index (χ1v) is 10.3. The molecule has 2 aliphatic rings. The highest BCUT2D eigenvalue weighted by molar-refractivity contribution is 5.15. The SMILES string of the molecule is CC.Cc1nn(C)cc1CN1CC(CO)C(CN2CCCN(C)CC2)C1. The van der Waals surface area contributed by atoms with Crippen molar-refractivity contribution < 1.29 is 5.11 Å². The van der Waals surface area contributed by atoms with Crippen LogP contribution in [0.3, 0.4) is 0 Å². The van der Waals surface area contributed by atoms with E-state index in [1.54, 1.807) is 0 Å². The summed E-state index contributed by atoms with van der Waals surface area (Å²) in [6.45, 7) is 15.3.